The van der Waals surface area contributed by atoms with Gasteiger partial charge in [0.15, 0.2) is 0 Å². The number of alkyl halides is 1. The number of carbonyl (C=O) groups excluding carboxylic acids is 1. The molecule has 1 amide bonds. The number of hydrogen-bond acceptors (Lipinski definition) is 3. The zero-order valence-electron chi connectivity index (χ0n) is 9.22. The second-order valence-electron chi connectivity index (χ2n) is 3.98. The van der Waals surface area contributed by atoms with E-state index in [0.29, 0.717) is 17.8 Å². The maximum atomic E-state index is 11.7. The Morgan fingerprint density at radius 3 is 2.76 bits per heavy atom. The molecule has 90 valence electrons. The monoisotopic (exact) mass is 254 g/mol. The quantitative estimate of drug-likeness (QED) is 0.462. The van der Waals surface area contributed by atoms with Crippen LogP contribution in [0.2, 0.25) is 0 Å². The highest BCUT2D eigenvalue weighted by Gasteiger charge is 2.31. The van der Waals surface area contributed by atoms with Gasteiger partial charge in [-0.25, -0.2) is 0 Å². The Morgan fingerprint density at radius 2 is 2.24 bits per heavy atom. The molecule has 0 bridgehead atoms. The van der Waals surface area contributed by atoms with E-state index in [9.17, 15) is 14.9 Å². The molecule has 6 heteroatoms. The third kappa shape index (κ3) is 2.10. The molecule has 0 aliphatic carbocycles. The number of nitro benzene ring substituents is 1. The number of nitrogens with zero attached hydrogens (tertiary/aromatic N) is 2. The van der Waals surface area contributed by atoms with Crippen molar-refractivity contribution in [2.75, 3.05) is 11.4 Å². The third-order valence-corrected chi connectivity index (χ3v) is 3.13. The van der Waals surface area contributed by atoms with Crippen LogP contribution in [-0.2, 0) is 4.79 Å². The Kier molecular flexibility index (Phi) is 3.02. The van der Waals surface area contributed by atoms with Crippen LogP contribution in [0.3, 0.4) is 0 Å². The van der Waals surface area contributed by atoms with Crippen molar-refractivity contribution in [1.82, 2.24) is 0 Å². The number of rotatable bonds is 2. The van der Waals surface area contributed by atoms with Crippen LogP contribution in [0, 0.1) is 17.0 Å². The van der Waals surface area contributed by atoms with Crippen molar-refractivity contribution in [2.45, 2.75) is 18.7 Å². The van der Waals surface area contributed by atoms with Gasteiger partial charge in [-0.15, -0.1) is 11.6 Å². The minimum atomic E-state index is -0.447. The topological polar surface area (TPSA) is 63.5 Å². The first kappa shape index (κ1) is 11.9. The highest BCUT2D eigenvalue weighted by molar-refractivity contribution is 6.24. The lowest BCUT2D eigenvalue weighted by atomic mass is 10.1. The molecule has 5 nitrogen and oxygen atoms in total. The average Bonchev–Trinajstić information content (AvgIpc) is 2.57. The Morgan fingerprint density at radius 1 is 1.53 bits per heavy atom. The molecule has 2 rings (SSSR count). The van der Waals surface area contributed by atoms with E-state index >= 15 is 0 Å². The Labute approximate surface area is 103 Å². The SMILES string of the molecule is Cc1c(N2CC(Cl)CC2=O)cccc1[N+](=O)[O-]. The summed E-state index contributed by atoms with van der Waals surface area (Å²) in [6.45, 7) is 2.05. The fourth-order valence-electron chi connectivity index (χ4n) is 2.00. The van der Waals surface area contributed by atoms with Crippen molar-refractivity contribution in [3.63, 3.8) is 0 Å². The second-order valence-corrected chi connectivity index (χ2v) is 4.60. The van der Waals surface area contributed by atoms with Crippen LogP contribution in [-0.4, -0.2) is 22.8 Å². The van der Waals surface area contributed by atoms with Crippen LogP contribution in [0.1, 0.15) is 12.0 Å². The normalized spacial score (nSPS) is 19.8. The molecule has 0 saturated carbocycles. The van der Waals surface area contributed by atoms with E-state index in [0.717, 1.165) is 0 Å². The van der Waals surface area contributed by atoms with Gasteiger partial charge in [0.25, 0.3) is 5.69 Å². The maximum Gasteiger partial charge on any atom is 0.274 e. The molecule has 0 radical (unpaired) electrons. The first-order valence-electron chi connectivity index (χ1n) is 5.19. The summed E-state index contributed by atoms with van der Waals surface area (Å²) in [6, 6.07) is 4.71. The summed E-state index contributed by atoms with van der Waals surface area (Å²) in [5, 5.41) is 10.6. The molecule has 1 heterocycles. The molecule has 1 aromatic carbocycles. The number of amides is 1. The molecule has 0 spiro atoms. The van der Waals surface area contributed by atoms with Crippen molar-refractivity contribution >= 4 is 28.9 Å². The number of carbonyl (C=O) groups is 1. The van der Waals surface area contributed by atoms with Gasteiger partial charge < -0.3 is 4.90 Å². The number of hydrogen-bond donors (Lipinski definition) is 0. The van der Waals surface area contributed by atoms with E-state index in [1.807, 2.05) is 0 Å². The minimum absolute atomic E-state index is 0.0216. The van der Waals surface area contributed by atoms with Gasteiger partial charge in [-0.05, 0) is 13.0 Å². The molecule has 1 unspecified atom stereocenters. The third-order valence-electron chi connectivity index (χ3n) is 2.84. The average molecular weight is 255 g/mol. The van der Waals surface area contributed by atoms with E-state index in [2.05, 4.69) is 0 Å². The van der Waals surface area contributed by atoms with Crippen molar-refractivity contribution in [2.24, 2.45) is 0 Å². The molecule has 1 fully saturated rings. The van der Waals surface area contributed by atoms with E-state index in [1.54, 1.807) is 19.1 Å². The first-order valence-corrected chi connectivity index (χ1v) is 5.63. The van der Waals surface area contributed by atoms with Gasteiger partial charge in [-0.2, -0.15) is 0 Å². The molecule has 1 aliphatic rings. The zero-order valence-corrected chi connectivity index (χ0v) is 9.98. The summed E-state index contributed by atoms with van der Waals surface area (Å²) < 4.78 is 0. The summed E-state index contributed by atoms with van der Waals surface area (Å²) in [6.07, 6.45) is 0.281. The molecular formula is C11H11ClN2O3. The fourth-order valence-corrected chi connectivity index (χ4v) is 2.27. The van der Waals surface area contributed by atoms with Gasteiger partial charge in [-0.1, -0.05) is 6.07 Å². The maximum absolute atomic E-state index is 11.7. The first-order chi connectivity index (χ1) is 8.00. The van der Waals surface area contributed by atoms with Crippen LogP contribution in [0.4, 0.5) is 11.4 Å². The number of nitro groups is 1. The smallest absolute Gasteiger partial charge is 0.274 e. The molecule has 1 saturated heterocycles. The predicted octanol–water partition coefficient (Wildman–Crippen LogP) is 2.25. The van der Waals surface area contributed by atoms with Crippen molar-refractivity contribution < 1.29 is 9.72 Å². The van der Waals surface area contributed by atoms with Gasteiger partial charge in [-0.3, -0.25) is 14.9 Å². The lowest BCUT2D eigenvalue weighted by Gasteiger charge is -2.18. The van der Waals surface area contributed by atoms with Crippen molar-refractivity contribution in [3.05, 3.63) is 33.9 Å². The highest BCUT2D eigenvalue weighted by atomic mass is 35.5. The largest absolute Gasteiger partial charge is 0.310 e. The molecule has 0 aromatic heterocycles. The number of halogens is 1. The van der Waals surface area contributed by atoms with Crippen LogP contribution in [0.5, 0.6) is 0 Å². The molecule has 1 aromatic rings. The lowest BCUT2D eigenvalue weighted by molar-refractivity contribution is -0.385. The summed E-state index contributed by atoms with van der Waals surface area (Å²) in [5.41, 5.74) is 1.09. The van der Waals surface area contributed by atoms with E-state index < -0.39 is 4.92 Å². The van der Waals surface area contributed by atoms with E-state index in [-0.39, 0.29) is 23.4 Å². The van der Waals surface area contributed by atoms with Gasteiger partial charge in [0.2, 0.25) is 5.91 Å². The van der Waals surface area contributed by atoms with Crippen molar-refractivity contribution in [1.29, 1.82) is 0 Å². The molecule has 0 N–H and O–H groups in total. The summed E-state index contributed by atoms with van der Waals surface area (Å²) in [7, 11) is 0. The van der Waals surface area contributed by atoms with Crippen LogP contribution in [0.25, 0.3) is 0 Å². The Bertz CT molecular complexity index is 490. The van der Waals surface area contributed by atoms with Crippen LogP contribution in [0.15, 0.2) is 18.2 Å². The molecule has 1 aliphatic heterocycles. The van der Waals surface area contributed by atoms with E-state index in [4.69, 9.17) is 11.6 Å². The Hall–Kier alpha value is -1.62. The van der Waals surface area contributed by atoms with Gasteiger partial charge in [0.1, 0.15) is 0 Å². The molecular weight excluding hydrogens is 244 g/mol. The number of anilines is 1. The van der Waals surface area contributed by atoms with Gasteiger partial charge in [0, 0.05) is 19.0 Å². The Balaban J connectivity index is 2.43. The van der Waals surface area contributed by atoms with Crippen LogP contribution < -0.4 is 4.90 Å². The van der Waals surface area contributed by atoms with Crippen LogP contribution >= 0.6 is 11.6 Å². The van der Waals surface area contributed by atoms with Gasteiger partial charge in [0.05, 0.1) is 21.6 Å². The lowest BCUT2D eigenvalue weighted by Crippen LogP contribution is -2.25. The fraction of sp³-hybridized carbons (Fsp3) is 0.364. The summed E-state index contributed by atoms with van der Waals surface area (Å²) in [4.78, 5) is 23.6. The second kappa shape index (κ2) is 4.33. The zero-order chi connectivity index (χ0) is 12.6. The minimum Gasteiger partial charge on any atom is -0.310 e. The van der Waals surface area contributed by atoms with E-state index in [1.165, 1.54) is 11.0 Å². The standard InChI is InChI=1S/C11H11ClN2O3/c1-7-9(3-2-4-10(7)14(16)17)13-6-8(12)5-11(13)15/h2-4,8H,5-6H2,1H3. The number of benzene rings is 1. The highest BCUT2D eigenvalue weighted by Crippen LogP contribution is 2.31. The van der Waals surface area contributed by atoms with Gasteiger partial charge >= 0.3 is 0 Å². The van der Waals surface area contributed by atoms with Crippen molar-refractivity contribution in [3.8, 4) is 0 Å². The molecule has 1 atom stereocenters. The summed E-state index contributed by atoms with van der Waals surface area (Å²) in [5.74, 6) is -0.0893. The molecule has 17 heavy (non-hydrogen) atoms. The predicted molar refractivity (Wildman–Crippen MR) is 64.4 cm³/mol. The summed E-state index contributed by atoms with van der Waals surface area (Å²) >= 11 is 5.91.